The number of hydrogen-bond acceptors (Lipinski definition) is 3. The second kappa shape index (κ2) is 9.19. The maximum atomic E-state index is 5.45. The van der Waals surface area contributed by atoms with E-state index >= 15 is 0 Å². The van der Waals surface area contributed by atoms with E-state index in [1.165, 1.54) is 5.69 Å². The van der Waals surface area contributed by atoms with Gasteiger partial charge in [0.2, 0.25) is 0 Å². The molecule has 3 heteroatoms. The lowest BCUT2D eigenvalue weighted by molar-refractivity contribution is 0.103. The van der Waals surface area contributed by atoms with E-state index in [2.05, 4.69) is 17.4 Å². The quantitative estimate of drug-likeness (QED) is 0.653. The van der Waals surface area contributed by atoms with Crippen LogP contribution in [0, 0.1) is 0 Å². The monoisotopic (exact) mass is 223 g/mol. The minimum absolute atomic E-state index is 0.780. The van der Waals surface area contributed by atoms with E-state index in [4.69, 9.17) is 9.47 Å². The van der Waals surface area contributed by atoms with Crippen LogP contribution in [0.3, 0.4) is 0 Å². The second-order valence-electron chi connectivity index (χ2n) is 3.61. The number of hydrogen-bond donors (Lipinski definition) is 1. The Hall–Kier alpha value is -1.06. The van der Waals surface area contributed by atoms with Gasteiger partial charge in [-0.05, 0) is 25.0 Å². The molecule has 0 aromatic heterocycles. The Morgan fingerprint density at radius 2 is 1.75 bits per heavy atom. The van der Waals surface area contributed by atoms with Gasteiger partial charge in [-0.2, -0.15) is 0 Å². The summed E-state index contributed by atoms with van der Waals surface area (Å²) < 4.78 is 10.4. The Bertz CT molecular complexity index is 251. The molecule has 1 aromatic carbocycles. The van der Waals surface area contributed by atoms with E-state index in [1.807, 2.05) is 18.2 Å². The van der Waals surface area contributed by atoms with Gasteiger partial charge in [-0.25, -0.2) is 0 Å². The number of anilines is 1. The molecule has 1 aromatic rings. The molecule has 0 heterocycles. The highest BCUT2D eigenvalue weighted by molar-refractivity contribution is 5.42. The Morgan fingerprint density at radius 1 is 1.00 bits per heavy atom. The van der Waals surface area contributed by atoms with Crippen LogP contribution in [0.2, 0.25) is 0 Å². The summed E-state index contributed by atoms with van der Waals surface area (Å²) in [6.07, 6.45) is 2.00. The van der Waals surface area contributed by atoms with E-state index in [0.717, 1.165) is 39.2 Å². The maximum Gasteiger partial charge on any atom is 0.0487 e. The predicted molar refractivity (Wildman–Crippen MR) is 66.9 cm³/mol. The normalized spacial score (nSPS) is 10.3. The molecule has 0 aliphatic heterocycles. The number of methoxy groups -OCH3 is 1. The predicted octanol–water partition coefficient (Wildman–Crippen LogP) is 2.54. The average molecular weight is 223 g/mol. The minimum Gasteiger partial charge on any atom is -0.385 e. The molecule has 0 unspecified atom stereocenters. The van der Waals surface area contributed by atoms with E-state index in [-0.39, 0.29) is 0 Å². The second-order valence-corrected chi connectivity index (χ2v) is 3.61. The van der Waals surface area contributed by atoms with E-state index in [1.54, 1.807) is 7.11 Å². The van der Waals surface area contributed by atoms with Crippen LogP contribution in [0.4, 0.5) is 5.69 Å². The van der Waals surface area contributed by atoms with Crippen molar-refractivity contribution in [2.24, 2.45) is 0 Å². The van der Waals surface area contributed by atoms with Gasteiger partial charge < -0.3 is 14.8 Å². The van der Waals surface area contributed by atoms with Gasteiger partial charge in [0.15, 0.2) is 0 Å². The first kappa shape index (κ1) is 13.0. The third-order valence-electron chi connectivity index (χ3n) is 2.21. The summed E-state index contributed by atoms with van der Waals surface area (Å²) in [4.78, 5) is 0. The molecule has 0 bridgehead atoms. The van der Waals surface area contributed by atoms with Crippen molar-refractivity contribution in [3.8, 4) is 0 Å². The SMILES string of the molecule is COCCCOCCCNc1ccccc1. The van der Waals surface area contributed by atoms with Gasteiger partial charge in [-0.1, -0.05) is 18.2 Å². The molecule has 1 rings (SSSR count). The fraction of sp³-hybridized carbons (Fsp3) is 0.538. The first-order valence-corrected chi connectivity index (χ1v) is 5.79. The van der Waals surface area contributed by atoms with Crippen molar-refractivity contribution in [1.29, 1.82) is 0 Å². The van der Waals surface area contributed by atoms with Crippen LogP contribution < -0.4 is 5.32 Å². The summed E-state index contributed by atoms with van der Waals surface area (Å²) in [5.41, 5.74) is 1.17. The van der Waals surface area contributed by atoms with Crippen molar-refractivity contribution in [2.45, 2.75) is 12.8 Å². The smallest absolute Gasteiger partial charge is 0.0487 e. The van der Waals surface area contributed by atoms with Gasteiger partial charge in [0, 0.05) is 39.2 Å². The molecule has 16 heavy (non-hydrogen) atoms. The highest BCUT2D eigenvalue weighted by Gasteiger charge is 1.91. The lowest BCUT2D eigenvalue weighted by Gasteiger charge is -2.06. The number of rotatable bonds is 9. The minimum atomic E-state index is 0.780. The summed E-state index contributed by atoms with van der Waals surface area (Å²) >= 11 is 0. The topological polar surface area (TPSA) is 30.5 Å². The van der Waals surface area contributed by atoms with Crippen molar-refractivity contribution in [3.63, 3.8) is 0 Å². The fourth-order valence-corrected chi connectivity index (χ4v) is 1.37. The first-order chi connectivity index (χ1) is 7.93. The molecule has 0 aliphatic rings. The molecule has 0 aliphatic carbocycles. The number of benzene rings is 1. The van der Waals surface area contributed by atoms with Crippen LogP contribution in [-0.2, 0) is 9.47 Å². The summed E-state index contributed by atoms with van der Waals surface area (Å²) in [7, 11) is 1.71. The molecule has 0 radical (unpaired) electrons. The molecule has 0 saturated carbocycles. The highest BCUT2D eigenvalue weighted by Crippen LogP contribution is 2.04. The van der Waals surface area contributed by atoms with Gasteiger partial charge in [-0.15, -0.1) is 0 Å². The standard InChI is InChI=1S/C13H21NO2/c1-15-10-6-12-16-11-5-9-14-13-7-3-2-4-8-13/h2-4,7-8,14H,5-6,9-12H2,1H3. The van der Waals surface area contributed by atoms with Gasteiger partial charge >= 0.3 is 0 Å². The van der Waals surface area contributed by atoms with Crippen LogP contribution in [-0.4, -0.2) is 33.5 Å². The number of ether oxygens (including phenoxy) is 2. The van der Waals surface area contributed by atoms with E-state index in [9.17, 15) is 0 Å². The number of para-hydroxylation sites is 1. The van der Waals surface area contributed by atoms with E-state index in [0.29, 0.717) is 0 Å². The van der Waals surface area contributed by atoms with Crippen LogP contribution >= 0.6 is 0 Å². The molecule has 0 spiro atoms. The van der Waals surface area contributed by atoms with Crippen LogP contribution in [0.5, 0.6) is 0 Å². The lowest BCUT2D eigenvalue weighted by Crippen LogP contribution is -2.07. The molecule has 3 nitrogen and oxygen atoms in total. The molecular formula is C13H21NO2. The Kier molecular flexibility index (Phi) is 7.47. The average Bonchev–Trinajstić information content (AvgIpc) is 2.34. The van der Waals surface area contributed by atoms with Crippen molar-refractivity contribution in [3.05, 3.63) is 30.3 Å². The number of nitrogens with one attached hydrogen (secondary N) is 1. The van der Waals surface area contributed by atoms with Crippen LogP contribution in [0.15, 0.2) is 30.3 Å². The zero-order valence-corrected chi connectivity index (χ0v) is 9.95. The van der Waals surface area contributed by atoms with E-state index < -0.39 is 0 Å². The van der Waals surface area contributed by atoms with Crippen molar-refractivity contribution < 1.29 is 9.47 Å². The van der Waals surface area contributed by atoms with Gasteiger partial charge in [0.25, 0.3) is 0 Å². The third-order valence-corrected chi connectivity index (χ3v) is 2.21. The Morgan fingerprint density at radius 3 is 2.50 bits per heavy atom. The van der Waals surface area contributed by atoms with Crippen molar-refractivity contribution in [1.82, 2.24) is 0 Å². The lowest BCUT2D eigenvalue weighted by atomic mass is 10.3. The first-order valence-electron chi connectivity index (χ1n) is 5.79. The largest absolute Gasteiger partial charge is 0.385 e. The molecule has 1 N–H and O–H groups in total. The summed E-state index contributed by atoms with van der Waals surface area (Å²) in [6.45, 7) is 3.33. The molecule has 0 atom stereocenters. The van der Waals surface area contributed by atoms with Gasteiger partial charge in [0.05, 0.1) is 0 Å². The van der Waals surface area contributed by atoms with Gasteiger partial charge in [-0.3, -0.25) is 0 Å². The molecular weight excluding hydrogens is 202 g/mol. The van der Waals surface area contributed by atoms with Crippen LogP contribution in [0.1, 0.15) is 12.8 Å². The summed E-state index contributed by atoms with van der Waals surface area (Å²) in [6, 6.07) is 10.2. The van der Waals surface area contributed by atoms with Crippen LogP contribution in [0.25, 0.3) is 0 Å². The maximum absolute atomic E-state index is 5.45. The molecule has 0 saturated heterocycles. The molecule has 90 valence electrons. The summed E-state index contributed by atoms with van der Waals surface area (Å²) in [5.74, 6) is 0. The molecule has 0 amide bonds. The summed E-state index contributed by atoms with van der Waals surface area (Å²) in [5, 5.41) is 3.34. The Labute approximate surface area is 97.8 Å². The third kappa shape index (κ3) is 6.43. The van der Waals surface area contributed by atoms with Gasteiger partial charge in [0.1, 0.15) is 0 Å². The zero-order chi connectivity index (χ0) is 11.5. The van der Waals surface area contributed by atoms with Crippen molar-refractivity contribution in [2.75, 3.05) is 38.8 Å². The Balaban J connectivity index is 1.89. The fourth-order valence-electron chi connectivity index (χ4n) is 1.37. The highest BCUT2D eigenvalue weighted by atomic mass is 16.5. The zero-order valence-electron chi connectivity index (χ0n) is 9.95. The van der Waals surface area contributed by atoms with Crippen molar-refractivity contribution >= 4 is 5.69 Å². The molecule has 0 fully saturated rings.